The molecule has 0 saturated heterocycles. The van der Waals surface area contributed by atoms with Crippen LogP contribution in [-0.2, 0) is 6.18 Å². The highest BCUT2D eigenvalue weighted by molar-refractivity contribution is 6.31. The van der Waals surface area contributed by atoms with Gasteiger partial charge in [0.2, 0.25) is 0 Å². The SMILES string of the molecule is FC(F)(F)c1cc(Cl)cc2cn[nH]c12. The second-order valence-electron chi connectivity index (χ2n) is 2.79. The molecule has 0 spiro atoms. The molecule has 0 aliphatic heterocycles. The van der Waals surface area contributed by atoms with Crippen molar-refractivity contribution in [2.24, 2.45) is 0 Å². The van der Waals surface area contributed by atoms with Crippen molar-refractivity contribution in [1.82, 2.24) is 10.2 Å². The van der Waals surface area contributed by atoms with Crippen LogP contribution in [0.25, 0.3) is 10.9 Å². The first-order valence-corrected chi connectivity index (χ1v) is 4.06. The van der Waals surface area contributed by atoms with Gasteiger partial charge in [-0.15, -0.1) is 0 Å². The highest BCUT2D eigenvalue weighted by Crippen LogP contribution is 2.35. The molecule has 1 N–H and O–H groups in total. The smallest absolute Gasteiger partial charge is 0.277 e. The summed E-state index contributed by atoms with van der Waals surface area (Å²) in [6.45, 7) is 0. The number of alkyl halides is 3. The van der Waals surface area contributed by atoms with Gasteiger partial charge in [0.15, 0.2) is 0 Å². The van der Waals surface area contributed by atoms with Crippen molar-refractivity contribution in [3.05, 3.63) is 28.9 Å². The molecular formula is C8H4ClF3N2. The minimum atomic E-state index is -4.42. The summed E-state index contributed by atoms with van der Waals surface area (Å²) in [5.74, 6) is 0. The lowest BCUT2D eigenvalue weighted by Gasteiger charge is -2.07. The van der Waals surface area contributed by atoms with Crippen LogP contribution in [0.15, 0.2) is 18.3 Å². The molecule has 1 aromatic heterocycles. The molecular weight excluding hydrogens is 217 g/mol. The summed E-state index contributed by atoms with van der Waals surface area (Å²) in [4.78, 5) is 0. The van der Waals surface area contributed by atoms with Gasteiger partial charge in [-0.3, -0.25) is 5.10 Å². The van der Waals surface area contributed by atoms with Crippen molar-refractivity contribution in [2.45, 2.75) is 6.18 Å². The van der Waals surface area contributed by atoms with Gasteiger partial charge in [0.05, 0.1) is 17.3 Å². The Hall–Kier alpha value is -1.23. The van der Waals surface area contributed by atoms with Gasteiger partial charge in [0.25, 0.3) is 0 Å². The molecule has 0 unspecified atom stereocenters. The van der Waals surface area contributed by atoms with Crippen molar-refractivity contribution >= 4 is 22.5 Å². The minimum absolute atomic E-state index is 0.0399. The molecule has 74 valence electrons. The fourth-order valence-corrected chi connectivity index (χ4v) is 1.47. The van der Waals surface area contributed by atoms with Crippen molar-refractivity contribution in [1.29, 1.82) is 0 Å². The van der Waals surface area contributed by atoms with Gasteiger partial charge in [-0.25, -0.2) is 0 Å². The lowest BCUT2D eigenvalue weighted by molar-refractivity contribution is -0.136. The average molecular weight is 221 g/mol. The quantitative estimate of drug-likeness (QED) is 0.726. The van der Waals surface area contributed by atoms with E-state index in [1.54, 1.807) is 0 Å². The van der Waals surface area contributed by atoms with Crippen LogP contribution >= 0.6 is 11.6 Å². The molecule has 0 aliphatic carbocycles. The third kappa shape index (κ3) is 1.43. The monoisotopic (exact) mass is 220 g/mol. The Morgan fingerprint density at radius 1 is 1.29 bits per heavy atom. The molecule has 6 heteroatoms. The van der Waals surface area contributed by atoms with Gasteiger partial charge in [0.1, 0.15) is 0 Å². The van der Waals surface area contributed by atoms with E-state index in [0.717, 1.165) is 6.07 Å². The second-order valence-corrected chi connectivity index (χ2v) is 3.22. The van der Waals surface area contributed by atoms with Gasteiger partial charge in [-0.1, -0.05) is 11.6 Å². The number of nitrogens with one attached hydrogen (secondary N) is 1. The number of nitrogens with zero attached hydrogens (tertiary/aromatic N) is 1. The maximum absolute atomic E-state index is 12.5. The van der Waals surface area contributed by atoms with E-state index in [1.165, 1.54) is 12.3 Å². The predicted octanol–water partition coefficient (Wildman–Crippen LogP) is 3.24. The zero-order chi connectivity index (χ0) is 10.3. The molecule has 0 radical (unpaired) electrons. The molecule has 0 aliphatic rings. The van der Waals surface area contributed by atoms with Crippen LogP contribution < -0.4 is 0 Å². The van der Waals surface area contributed by atoms with Gasteiger partial charge in [0, 0.05) is 10.4 Å². The number of H-pyrrole nitrogens is 1. The molecule has 1 aromatic carbocycles. The second kappa shape index (κ2) is 2.88. The van der Waals surface area contributed by atoms with Crippen LogP contribution in [0, 0.1) is 0 Å². The lowest BCUT2D eigenvalue weighted by Crippen LogP contribution is -2.05. The van der Waals surface area contributed by atoms with E-state index >= 15 is 0 Å². The predicted molar refractivity (Wildman–Crippen MR) is 46.1 cm³/mol. The molecule has 0 atom stereocenters. The first-order chi connectivity index (χ1) is 6.48. The minimum Gasteiger partial charge on any atom is -0.277 e. The fraction of sp³-hybridized carbons (Fsp3) is 0.125. The number of aromatic nitrogens is 2. The Labute approximate surface area is 81.7 Å². The number of halogens is 4. The summed E-state index contributed by atoms with van der Waals surface area (Å²) in [6.07, 6.45) is -3.12. The number of rotatable bonds is 0. The van der Waals surface area contributed by atoms with E-state index in [1.807, 2.05) is 0 Å². The summed E-state index contributed by atoms with van der Waals surface area (Å²) in [6, 6.07) is 2.30. The first-order valence-electron chi connectivity index (χ1n) is 3.68. The lowest BCUT2D eigenvalue weighted by atomic mass is 10.1. The molecule has 1 heterocycles. The Morgan fingerprint density at radius 2 is 2.00 bits per heavy atom. The fourth-order valence-electron chi connectivity index (χ4n) is 1.24. The third-order valence-electron chi connectivity index (χ3n) is 1.82. The topological polar surface area (TPSA) is 28.7 Å². The van der Waals surface area contributed by atoms with Crippen LogP contribution in [0.5, 0.6) is 0 Å². The molecule has 14 heavy (non-hydrogen) atoms. The molecule has 0 bridgehead atoms. The van der Waals surface area contributed by atoms with E-state index in [4.69, 9.17) is 11.6 Å². The maximum Gasteiger partial charge on any atom is 0.418 e. The highest BCUT2D eigenvalue weighted by atomic mass is 35.5. The highest BCUT2D eigenvalue weighted by Gasteiger charge is 2.33. The summed E-state index contributed by atoms with van der Waals surface area (Å²) in [7, 11) is 0. The van der Waals surface area contributed by atoms with Crippen LogP contribution in [0.2, 0.25) is 5.02 Å². The average Bonchev–Trinajstić information content (AvgIpc) is 2.47. The molecule has 0 saturated carbocycles. The van der Waals surface area contributed by atoms with Crippen LogP contribution in [-0.4, -0.2) is 10.2 Å². The molecule has 2 rings (SSSR count). The van der Waals surface area contributed by atoms with Gasteiger partial charge >= 0.3 is 6.18 Å². The number of hydrogen-bond acceptors (Lipinski definition) is 1. The Kier molecular flexibility index (Phi) is 1.92. The first kappa shape index (κ1) is 9.33. The summed E-state index contributed by atoms with van der Waals surface area (Å²) in [5, 5.41) is 6.23. The molecule has 0 amide bonds. The summed E-state index contributed by atoms with van der Waals surface area (Å²) >= 11 is 5.55. The zero-order valence-electron chi connectivity index (χ0n) is 6.69. The largest absolute Gasteiger partial charge is 0.418 e. The van der Waals surface area contributed by atoms with Gasteiger partial charge < -0.3 is 0 Å². The zero-order valence-corrected chi connectivity index (χ0v) is 7.45. The third-order valence-corrected chi connectivity index (χ3v) is 2.04. The van der Waals surface area contributed by atoms with E-state index in [9.17, 15) is 13.2 Å². The van der Waals surface area contributed by atoms with Gasteiger partial charge in [-0.05, 0) is 12.1 Å². The standard InChI is InChI=1S/C8H4ClF3N2/c9-5-1-4-3-13-14-7(4)6(2-5)8(10,11)12/h1-3H,(H,13,14). The normalized spacial score (nSPS) is 12.3. The van der Waals surface area contributed by atoms with Crippen LogP contribution in [0.3, 0.4) is 0 Å². The van der Waals surface area contributed by atoms with Crippen LogP contribution in [0.1, 0.15) is 5.56 Å². The summed E-state index contributed by atoms with van der Waals surface area (Å²) < 4.78 is 37.4. The van der Waals surface area contributed by atoms with Crippen molar-refractivity contribution in [3.8, 4) is 0 Å². The molecule has 0 fully saturated rings. The Morgan fingerprint density at radius 3 is 2.64 bits per heavy atom. The van der Waals surface area contributed by atoms with Crippen molar-refractivity contribution < 1.29 is 13.2 Å². The summed E-state index contributed by atoms with van der Waals surface area (Å²) in [5.41, 5.74) is -0.834. The maximum atomic E-state index is 12.5. The number of fused-ring (bicyclic) bond motifs is 1. The van der Waals surface area contributed by atoms with E-state index < -0.39 is 11.7 Å². The van der Waals surface area contributed by atoms with Crippen molar-refractivity contribution in [2.75, 3.05) is 0 Å². The Balaban J connectivity index is 2.80. The van der Waals surface area contributed by atoms with Crippen molar-refractivity contribution in [3.63, 3.8) is 0 Å². The number of hydrogen-bond donors (Lipinski definition) is 1. The number of benzene rings is 1. The van der Waals surface area contributed by atoms with E-state index in [0.29, 0.717) is 5.39 Å². The molecule has 2 nitrogen and oxygen atoms in total. The van der Waals surface area contributed by atoms with E-state index in [2.05, 4.69) is 10.2 Å². The number of aromatic amines is 1. The van der Waals surface area contributed by atoms with Gasteiger partial charge in [-0.2, -0.15) is 18.3 Å². The van der Waals surface area contributed by atoms with Crippen LogP contribution in [0.4, 0.5) is 13.2 Å². The van der Waals surface area contributed by atoms with E-state index in [-0.39, 0.29) is 10.5 Å². The molecule has 2 aromatic rings. The Bertz CT molecular complexity index is 475.